The molecule has 1 saturated heterocycles. The summed E-state index contributed by atoms with van der Waals surface area (Å²) < 4.78 is 6.05. The zero-order valence-corrected chi connectivity index (χ0v) is 14.8. The third-order valence-electron chi connectivity index (χ3n) is 6.01. The Morgan fingerprint density at radius 2 is 2.09 bits per heavy atom. The first-order valence-electron chi connectivity index (χ1n) is 9.55. The third kappa shape index (κ3) is 3.36. The maximum absolute atomic E-state index is 9.83. The first-order valence-corrected chi connectivity index (χ1v) is 9.55. The number of guanidine groups is 1. The molecule has 3 aliphatic rings. The Hall–Kier alpha value is -0.810. The zero-order chi connectivity index (χ0) is 16.3. The van der Waals surface area contributed by atoms with Crippen molar-refractivity contribution in [2.45, 2.75) is 77.0 Å². The van der Waals surface area contributed by atoms with Gasteiger partial charge in [-0.05, 0) is 39.5 Å². The summed E-state index contributed by atoms with van der Waals surface area (Å²) in [5.41, 5.74) is 0.307. The molecule has 23 heavy (non-hydrogen) atoms. The van der Waals surface area contributed by atoms with Gasteiger partial charge in [0, 0.05) is 37.7 Å². The van der Waals surface area contributed by atoms with Crippen LogP contribution in [-0.2, 0) is 4.74 Å². The largest absolute Gasteiger partial charge is 0.391 e. The third-order valence-corrected chi connectivity index (χ3v) is 6.01. The van der Waals surface area contributed by atoms with Crippen molar-refractivity contribution in [2.75, 3.05) is 26.2 Å². The molecule has 2 unspecified atom stereocenters. The highest BCUT2D eigenvalue weighted by Gasteiger charge is 2.56. The topological polar surface area (TPSA) is 57.1 Å². The normalized spacial score (nSPS) is 33.8. The van der Waals surface area contributed by atoms with Gasteiger partial charge in [-0.1, -0.05) is 19.3 Å². The Bertz CT molecular complexity index is 420. The summed E-state index contributed by atoms with van der Waals surface area (Å²) in [6.07, 6.45) is 8.71. The molecule has 5 heteroatoms. The number of likely N-dealkylation sites (tertiary alicyclic amines) is 1. The minimum absolute atomic E-state index is 0.208. The predicted octanol–water partition coefficient (Wildman–Crippen LogP) is 2.15. The number of ether oxygens (including phenoxy) is 1. The van der Waals surface area contributed by atoms with Crippen LogP contribution in [0, 0.1) is 5.41 Å². The lowest BCUT2D eigenvalue weighted by atomic mass is 9.55. The van der Waals surface area contributed by atoms with Crippen LogP contribution in [0.25, 0.3) is 0 Å². The van der Waals surface area contributed by atoms with Gasteiger partial charge in [-0.15, -0.1) is 0 Å². The van der Waals surface area contributed by atoms with Crippen molar-refractivity contribution < 1.29 is 9.84 Å². The molecular weight excluding hydrogens is 290 g/mol. The molecule has 3 atom stereocenters. The van der Waals surface area contributed by atoms with E-state index >= 15 is 0 Å². The Kier molecular flexibility index (Phi) is 5.47. The van der Waals surface area contributed by atoms with Gasteiger partial charge in [0.15, 0.2) is 5.96 Å². The average molecular weight is 323 g/mol. The van der Waals surface area contributed by atoms with E-state index < -0.39 is 0 Å². The van der Waals surface area contributed by atoms with Crippen molar-refractivity contribution in [2.24, 2.45) is 10.4 Å². The highest BCUT2D eigenvalue weighted by molar-refractivity contribution is 5.81. The second-order valence-electron chi connectivity index (χ2n) is 7.36. The van der Waals surface area contributed by atoms with E-state index in [9.17, 15) is 5.11 Å². The summed E-state index contributed by atoms with van der Waals surface area (Å²) in [5.74, 6) is 0.994. The summed E-state index contributed by atoms with van der Waals surface area (Å²) >= 11 is 0. The van der Waals surface area contributed by atoms with Crippen LogP contribution in [0.5, 0.6) is 0 Å². The molecule has 0 amide bonds. The van der Waals surface area contributed by atoms with E-state index in [0.717, 1.165) is 38.5 Å². The zero-order valence-electron chi connectivity index (χ0n) is 14.8. The van der Waals surface area contributed by atoms with Crippen LogP contribution in [0.1, 0.15) is 58.8 Å². The van der Waals surface area contributed by atoms with Crippen molar-refractivity contribution in [1.82, 2.24) is 10.2 Å². The molecule has 1 heterocycles. The molecule has 1 aliphatic heterocycles. The minimum atomic E-state index is -0.208. The highest BCUT2D eigenvalue weighted by Crippen LogP contribution is 2.53. The smallest absolute Gasteiger partial charge is 0.194 e. The quantitative estimate of drug-likeness (QED) is 0.615. The summed E-state index contributed by atoms with van der Waals surface area (Å²) in [4.78, 5) is 6.91. The summed E-state index contributed by atoms with van der Waals surface area (Å²) in [5, 5.41) is 13.6. The van der Waals surface area contributed by atoms with Crippen LogP contribution in [0.3, 0.4) is 0 Å². The van der Waals surface area contributed by atoms with Gasteiger partial charge < -0.3 is 20.1 Å². The van der Waals surface area contributed by atoms with Gasteiger partial charge in [0.2, 0.25) is 0 Å². The fourth-order valence-electron chi connectivity index (χ4n) is 4.74. The van der Waals surface area contributed by atoms with Crippen molar-refractivity contribution >= 4 is 5.96 Å². The summed E-state index contributed by atoms with van der Waals surface area (Å²) in [7, 11) is 0. The van der Waals surface area contributed by atoms with Gasteiger partial charge in [0.25, 0.3) is 0 Å². The van der Waals surface area contributed by atoms with E-state index in [2.05, 4.69) is 24.1 Å². The molecule has 3 fully saturated rings. The fraction of sp³-hybridized carbons (Fsp3) is 0.944. The van der Waals surface area contributed by atoms with Crippen LogP contribution in [0.15, 0.2) is 4.99 Å². The summed E-state index contributed by atoms with van der Waals surface area (Å²) in [6, 6.07) is 0.474. The van der Waals surface area contributed by atoms with Gasteiger partial charge >= 0.3 is 0 Å². The number of nitrogens with zero attached hydrogens (tertiary/aromatic N) is 2. The molecular formula is C18H33N3O2. The maximum atomic E-state index is 9.83. The van der Waals surface area contributed by atoms with Gasteiger partial charge in [0.1, 0.15) is 0 Å². The van der Waals surface area contributed by atoms with Crippen molar-refractivity contribution in [1.29, 1.82) is 0 Å². The van der Waals surface area contributed by atoms with E-state index in [1.807, 2.05) is 0 Å². The van der Waals surface area contributed by atoms with Crippen molar-refractivity contribution in [3.8, 4) is 0 Å². The molecule has 0 aromatic rings. The molecule has 2 saturated carbocycles. The fourth-order valence-corrected chi connectivity index (χ4v) is 4.74. The van der Waals surface area contributed by atoms with Crippen LogP contribution >= 0.6 is 0 Å². The van der Waals surface area contributed by atoms with E-state index in [4.69, 9.17) is 9.73 Å². The second kappa shape index (κ2) is 7.39. The standard InChI is InChI=1S/C18H33N3O2/c1-3-19-17(21-11-8-14(22)13-21)20-15-12-16(23-4-2)18(15)9-6-5-7-10-18/h14-16,22H,3-13H2,1-2H3,(H,19,20)/t14-,15?,16?/m1/s1. The Morgan fingerprint density at radius 1 is 1.30 bits per heavy atom. The van der Waals surface area contributed by atoms with Crippen LogP contribution in [-0.4, -0.2) is 60.5 Å². The van der Waals surface area contributed by atoms with Crippen molar-refractivity contribution in [3.05, 3.63) is 0 Å². The molecule has 3 rings (SSSR count). The number of hydrogen-bond acceptors (Lipinski definition) is 3. The molecule has 5 nitrogen and oxygen atoms in total. The van der Waals surface area contributed by atoms with E-state index in [-0.39, 0.29) is 6.10 Å². The lowest BCUT2D eigenvalue weighted by molar-refractivity contribution is -0.146. The van der Waals surface area contributed by atoms with Gasteiger partial charge in [-0.25, -0.2) is 0 Å². The lowest BCUT2D eigenvalue weighted by Gasteiger charge is -2.58. The van der Waals surface area contributed by atoms with E-state index in [1.165, 1.54) is 32.1 Å². The average Bonchev–Trinajstić information content (AvgIpc) is 3.00. The first kappa shape index (κ1) is 17.0. The number of aliphatic hydroxyl groups excluding tert-OH is 1. The number of hydrogen-bond donors (Lipinski definition) is 2. The molecule has 0 aromatic carbocycles. The molecule has 0 aromatic heterocycles. The van der Waals surface area contributed by atoms with E-state index in [0.29, 0.717) is 24.1 Å². The molecule has 0 radical (unpaired) electrons. The number of β-amino-alcohol motifs (C(OH)–C–C–N with tert-alkyl or cyclic N) is 1. The number of rotatable bonds is 4. The molecule has 0 bridgehead atoms. The monoisotopic (exact) mass is 323 g/mol. The van der Waals surface area contributed by atoms with Crippen LogP contribution in [0.2, 0.25) is 0 Å². The number of nitrogens with one attached hydrogen (secondary N) is 1. The Morgan fingerprint density at radius 3 is 2.70 bits per heavy atom. The SMILES string of the molecule is CCN=C(NC1CC(OCC)C12CCCCC2)N1CC[C@@H](O)C1. The van der Waals surface area contributed by atoms with E-state index in [1.54, 1.807) is 0 Å². The molecule has 1 spiro atoms. The van der Waals surface area contributed by atoms with Gasteiger partial charge in [-0.2, -0.15) is 0 Å². The Balaban J connectivity index is 1.68. The molecule has 2 N–H and O–H groups in total. The molecule has 132 valence electrons. The highest BCUT2D eigenvalue weighted by atomic mass is 16.5. The Labute approximate surface area is 140 Å². The number of aliphatic imine (C=N–C) groups is 1. The predicted molar refractivity (Wildman–Crippen MR) is 92.6 cm³/mol. The van der Waals surface area contributed by atoms with Gasteiger partial charge in [-0.3, -0.25) is 4.99 Å². The van der Waals surface area contributed by atoms with Gasteiger partial charge in [0.05, 0.1) is 12.2 Å². The number of aliphatic hydroxyl groups is 1. The summed E-state index contributed by atoms with van der Waals surface area (Å²) in [6.45, 7) is 7.39. The minimum Gasteiger partial charge on any atom is -0.391 e. The van der Waals surface area contributed by atoms with Crippen LogP contribution < -0.4 is 5.32 Å². The maximum Gasteiger partial charge on any atom is 0.194 e. The lowest BCUT2D eigenvalue weighted by Crippen LogP contribution is -2.66. The first-order chi connectivity index (χ1) is 11.2. The van der Waals surface area contributed by atoms with Crippen LogP contribution in [0.4, 0.5) is 0 Å². The molecule has 2 aliphatic carbocycles. The van der Waals surface area contributed by atoms with Crippen molar-refractivity contribution in [3.63, 3.8) is 0 Å². The second-order valence-corrected chi connectivity index (χ2v) is 7.36.